The van der Waals surface area contributed by atoms with Crippen molar-refractivity contribution in [1.82, 2.24) is 0 Å². The van der Waals surface area contributed by atoms with E-state index in [1.54, 1.807) is 0 Å². The molecule has 40 heavy (non-hydrogen) atoms. The van der Waals surface area contributed by atoms with Gasteiger partial charge in [-0.2, -0.15) is 0 Å². The largest absolute Gasteiger partial charge is 0.0990 e. The number of hydrogen-bond acceptors (Lipinski definition) is 0. The second-order valence-electron chi connectivity index (χ2n) is 9.82. The van der Waals surface area contributed by atoms with Gasteiger partial charge in [0.25, 0.3) is 0 Å². The summed E-state index contributed by atoms with van der Waals surface area (Å²) in [4.78, 5) is 0. The molecule has 0 aliphatic heterocycles. The summed E-state index contributed by atoms with van der Waals surface area (Å²) >= 11 is 0. The second-order valence-corrected chi connectivity index (χ2v) is 9.82. The van der Waals surface area contributed by atoms with Crippen LogP contribution in [0.2, 0.25) is 0 Å². The number of hydrogen-bond donors (Lipinski definition) is 0. The third-order valence-electron chi connectivity index (χ3n) is 7.08. The molecule has 0 bridgehead atoms. The lowest BCUT2D eigenvalue weighted by Crippen LogP contribution is -1.95. The van der Waals surface area contributed by atoms with Crippen molar-refractivity contribution in [2.45, 2.75) is 12.8 Å². The van der Waals surface area contributed by atoms with E-state index >= 15 is 0 Å². The summed E-state index contributed by atoms with van der Waals surface area (Å²) in [6.07, 6.45) is 17.1. The van der Waals surface area contributed by atoms with Gasteiger partial charge in [-0.15, -0.1) is 0 Å². The standard InChI is InChI=1S/C40H34/c1-3-16-33(4-2)39(34-19-8-5-9-20-34)29-31-17-14-25-37(27-31)38-26-15-18-32(28-38)30-40(35-21-10-6-11-22-35)36-23-12-7-13-24-36/h3-13,15-16,18-30H,1-2,14,17H2/b33-16+,39-29-. The van der Waals surface area contributed by atoms with Crippen molar-refractivity contribution in [3.8, 4) is 0 Å². The van der Waals surface area contributed by atoms with Crippen LogP contribution in [-0.2, 0) is 0 Å². The van der Waals surface area contributed by atoms with E-state index in [0.717, 1.165) is 24.0 Å². The summed E-state index contributed by atoms with van der Waals surface area (Å²) < 4.78 is 0. The molecule has 0 saturated heterocycles. The van der Waals surface area contributed by atoms with E-state index in [-0.39, 0.29) is 0 Å². The Kier molecular flexibility index (Phi) is 8.81. The molecule has 0 nitrogen and oxygen atoms in total. The molecule has 0 unspecified atom stereocenters. The molecule has 0 amide bonds. The minimum absolute atomic E-state index is 1.00. The van der Waals surface area contributed by atoms with Crippen molar-refractivity contribution in [2.24, 2.45) is 0 Å². The monoisotopic (exact) mass is 514 g/mol. The van der Waals surface area contributed by atoms with Gasteiger partial charge in [-0.3, -0.25) is 0 Å². The first-order chi connectivity index (χ1) is 19.7. The Morgan fingerprint density at radius 3 is 1.88 bits per heavy atom. The molecular weight excluding hydrogens is 480 g/mol. The van der Waals surface area contributed by atoms with Crippen LogP contribution in [0.4, 0.5) is 0 Å². The number of benzene rings is 4. The molecule has 194 valence electrons. The van der Waals surface area contributed by atoms with E-state index in [4.69, 9.17) is 0 Å². The first kappa shape index (κ1) is 26.7. The average Bonchev–Trinajstić information content (AvgIpc) is 3.03. The van der Waals surface area contributed by atoms with Gasteiger partial charge in [-0.25, -0.2) is 0 Å². The first-order valence-corrected chi connectivity index (χ1v) is 13.8. The van der Waals surface area contributed by atoms with Gasteiger partial charge < -0.3 is 0 Å². The predicted octanol–water partition coefficient (Wildman–Crippen LogP) is 10.8. The van der Waals surface area contributed by atoms with Crippen molar-refractivity contribution >= 4 is 22.8 Å². The van der Waals surface area contributed by atoms with Crippen LogP contribution in [0.5, 0.6) is 0 Å². The molecule has 4 aromatic rings. The fourth-order valence-corrected chi connectivity index (χ4v) is 5.11. The van der Waals surface area contributed by atoms with Crippen LogP contribution >= 0.6 is 0 Å². The van der Waals surface area contributed by atoms with Crippen LogP contribution in [0.25, 0.3) is 22.8 Å². The fraction of sp³-hybridized carbons (Fsp3) is 0.0500. The van der Waals surface area contributed by atoms with Crippen molar-refractivity contribution in [1.29, 1.82) is 0 Å². The Morgan fingerprint density at radius 1 is 0.650 bits per heavy atom. The minimum atomic E-state index is 1.00. The molecule has 5 rings (SSSR count). The third-order valence-corrected chi connectivity index (χ3v) is 7.08. The van der Waals surface area contributed by atoms with E-state index in [9.17, 15) is 0 Å². The quantitative estimate of drug-likeness (QED) is 0.154. The van der Waals surface area contributed by atoms with E-state index in [1.165, 1.54) is 44.5 Å². The Bertz CT molecular complexity index is 1580. The molecule has 0 heterocycles. The molecule has 0 N–H and O–H groups in total. The van der Waals surface area contributed by atoms with Crippen molar-refractivity contribution < 1.29 is 0 Å². The van der Waals surface area contributed by atoms with Gasteiger partial charge in [-0.1, -0.05) is 159 Å². The summed E-state index contributed by atoms with van der Waals surface area (Å²) in [5, 5.41) is 0. The SMILES string of the molecule is C=C/C=C(C=C)/C(=C/C1=CC(c2cccc(C=C(c3ccccc3)c3ccccc3)c2)=CCC1)c1ccccc1. The molecule has 0 atom stereocenters. The average molecular weight is 515 g/mol. The zero-order chi connectivity index (χ0) is 27.6. The van der Waals surface area contributed by atoms with Crippen LogP contribution in [-0.4, -0.2) is 0 Å². The van der Waals surface area contributed by atoms with Crippen LogP contribution in [0.1, 0.15) is 40.7 Å². The normalized spacial score (nSPS) is 13.6. The summed E-state index contributed by atoms with van der Waals surface area (Å²) in [7, 11) is 0. The highest BCUT2D eigenvalue weighted by Crippen LogP contribution is 2.32. The predicted molar refractivity (Wildman–Crippen MR) is 174 cm³/mol. The van der Waals surface area contributed by atoms with E-state index < -0.39 is 0 Å². The van der Waals surface area contributed by atoms with Crippen molar-refractivity contribution in [3.05, 3.63) is 204 Å². The smallest absolute Gasteiger partial charge is 0.0105 e. The molecule has 0 fully saturated rings. The number of allylic oxidation sites excluding steroid dienone is 10. The van der Waals surface area contributed by atoms with Crippen LogP contribution in [0.3, 0.4) is 0 Å². The van der Waals surface area contributed by atoms with Crippen LogP contribution < -0.4 is 0 Å². The topological polar surface area (TPSA) is 0 Å². The zero-order valence-corrected chi connectivity index (χ0v) is 22.8. The lowest BCUT2D eigenvalue weighted by molar-refractivity contribution is 0.995. The summed E-state index contributed by atoms with van der Waals surface area (Å²) in [5.41, 5.74) is 12.0. The molecular formula is C40H34. The van der Waals surface area contributed by atoms with Gasteiger partial charge in [-0.05, 0) is 80.7 Å². The molecule has 1 aliphatic rings. The highest BCUT2D eigenvalue weighted by molar-refractivity contribution is 5.92. The summed E-state index contributed by atoms with van der Waals surface area (Å²) in [6.45, 7) is 7.98. The highest BCUT2D eigenvalue weighted by Gasteiger charge is 2.11. The van der Waals surface area contributed by atoms with Crippen molar-refractivity contribution in [3.63, 3.8) is 0 Å². The Hall–Kier alpha value is -4.94. The summed E-state index contributed by atoms with van der Waals surface area (Å²) in [5.74, 6) is 0. The maximum Gasteiger partial charge on any atom is -0.0105 e. The third kappa shape index (κ3) is 6.54. The second kappa shape index (κ2) is 13.2. The lowest BCUT2D eigenvalue weighted by atomic mass is 9.89. The molecule has 0 saturated carbocycles. The van der Waals surface area contributed by atoms with Gasteiger partial charge in [0.1, 0.15) is 0 Å². The van der Waals surface area contributed by atoms with Gasteiger partial charge in [0, 0.05) is 0 Å². The Balaban J connectivity index is 1.52. The fourth-order valence-electron chi connectivity index (χ4n) is 5.11. The zero-order valence-electron chi connectivity index (χ0n) is 22.8. The van der Waals surface area contributed by atoms with Crippen LogP contribution in [0, 0.1) is 0 Å². The van der Waals surface area contributed by atoms with E-state index in [0.29, 0.717) is 0 Å². The Labute approximate surface area is 239 Å². The van der Waals surface area contributed by atoms with Gasteiger partial charge in [0.2, 0.25) is 0 Å². The highest BCUT2D eigenvalue weighted by atomic mass is 14.2. The number of rotatable bonds is 9. The Morgan fingerprint density at radius 2 is 1.27 bits per heavy atom. The van der Waals surface area contributed by atoms with E-state index in [2.05, 4.69) is 153 Å². The van der Waals surface area contributed by atoms with Gasteiger partial charge in [0.15, 0.2) is 0 Å². The molecule has 0 radical (unpaired) electrons. The minimum Gasteiger partial charge on any atom is -0.0990 e. The first-order valence-electron chi connectivity index (χ1n) is 13.8. The van der Waals surface area contributed by atoms with Gasteiger partial charge >= 0.3 is 0 Å². The molecule has 0 heteroatoms. The molecule has 4 aromatic carbocycles. The maximum atomic E-state index is 4.07. The van der Waals surface area contributed by atoms with Crippen LogP contribution in [0.15, 0.2) is 176 Å². The van der Waals surface area contributed by atoms with Crippen molar-refractivity contribution in [2.75, 3.05) is 0 Å². The lowest BCUT2D eigenvalue weighted by Gasteiger charge is -2.16. The van der Waals surface area contributed by atoms with E-state index in [1.807, 2.05) is 18.2 Å². The molecule has 1 aliphatic carbocycles. The van der Waals surface area contributed by atoms with Gasteiger partial charge in [0.05, 0.1) is 0 Å². The molecule has 0 spiro atoms. The molecule has 0 aromatic heterocycles. The maximum absolute atomic E-state index is 4.07. The summed E-state index contributed by atoms with van der Waals surface area (Å²) in [6, 6.07) is 40.6.